The molecule has 0 bridgehead atoms. The zero-order chi connectivity index (χ0) is 15.4. The summed E-state index contributed by atoms with van der Waals surface area (Å²) in [5, 5.41) is 12.6. The van der Waals surface area contributed by atoms with Crippen LogP contribution < -0.4 is 5.32 Å². The summed E-state index contributed by atoms with van der Waals surface area (Å²) in [4.78, 5) is 13.8. The number of phenolic OH excluding ortho intramolecular Hbond substituents is 1. The molecule has 1 aliphatic heterocycles. The fourth-order valence-electron chi connectivity index (χ4n) is 2.42. The SMILES string of the molecule is O=C(Nc1cccc(Cl)c1O)C1CCN(CC(F)F)CC1. The van der Waals surface area contributed by atoms with Gasteiger partial charge < -0.3 is 10.4 Å². The fraction of sp³-hybridized carbons (Fsp3) is 0.500. The van der Waals surface area contributed by atoms with Crippen molar-refractivity contribution < 1.29 is 18.7 Å². The van der Waals surface area contributed by atoms with Gasteiger partial charge in [0.25, 0.3) is 6.43 Å². The molecular weight excluding hydrogens is 302 g/mol. The Kier molecular flexibility index (Phi) is 5.36. The van der Waals surface area contributed by atoms with Crippen molar-refractivity contribution >= 4 is 23.2 Å². The number of phenols is 1. The molecule has 0 unspecified atom stereocenters. The monoisotopic (exact) mass is 318 g/mol. The minimum atomic E-state index is -2.35. The number of likely N-dealkylation sites (tertiary alicyclic amines) is 1. The van der Waals surface area contributed by atoms with E-state index in [2.05, 4.69) is 5.32 Å². The van der Waals surface area contributed by atoms with Gasteiger partial charge in [0.1, 0.15) is 0 Å². The van der Waals surface area contributed by atoms with E-state index >= 15 is 0 Å². The Morgan fingerprint density at radius 2 is 2.10 bits per heavy atom. The number of amides is 1. The minimum Gasteiger partial charge on any atom is -0.504 e. The number of alkyl halides is 2. The predicted octanol–water partition coefficient (Wildman–Crippen LogP) is 2.96. The lowest BCUT2D eigenvalue weighted by molar-refractivity contribution is -0.121. The maximum Gasteiger partial charge on any atom is 0.251 e. The molecule has 1 amide bonds. The van der Waals surface area contributed by atoms with Crippen LogP contribution in [0.15, 0.2) is 18.2 Å². The minimum absolute atomic E-state index is 0.164. The quantitative estimate of drug-likeness (QED) is 0.839. The van der Waals surface area contributed by atoms with Gasteiger partial charge in [-0.2, -0.15) is 0 Å². The molecule has 1 aliphatic rings. The zero-order valence-electron chi connectivity index (χ0n) is 11.4. The Labute approximate surface area is 126 Å². The van der Waals surface area contributed by atoms with Crippen molar-refractivity contribution in [2.24, 2.45) is 5.92 Å². The molecule has 1 aromatic carbocycles. The molecule has 1 aromatic rings. The smallest absolute Gasteiger partial charge is 0.251 e. The summed E-state index contributed by atoms with van der Waals surface area (Å²) in [6.45, 7) is 0.706. The van der Waals surface area contributed by atoms with Gasteiger partial charge in [-0.05, 0) is 38.1 Å². The highest BCUT2D eigenvalue weighted by molar-refractivity contribution is 6.32. The molecule has 0 radical (unpaired) electrons. The summed E-state index contributed by atoms with van der Waals surface area (Å²) in [5.74, 6) is -0.621. The number of nitrogens with zero attached hydrogens (tertiary/aromatic N) is 1. The van der Waals surface area contributed by atoms with E-state index in [4.69, 9.17) is 11.6 Å². The third-order valence-electron chi connectivity index (χ3n) is 3.60. The highest BCUT2D eigenvalue weighted by Crippen LogP contribution is 2.32. The number of hydrogen-bond acceptors (Lipinski definition) is 3. The van der Waals surface area contributed by atoms with Gasteiger partial charge in [0.15, 0.2) is 5.75 Å². The molecule has 2 rings (SSSR count). The molecule has 0 aliphatic carbocycles. The van der Waals surface area contributed by atoms with Crippen molar-refractivity contribution in [2.45, 2.75) is 19.3 Å². The van der Waals surface area contributed by atoms with Crippen molar-refractivity contribution in [3.8, 4) is 5.75 Å². The number of piperidine rings is 1. The lowest BCUT2D eigenvalue weighted by Gasteiger charge is -2.30. The fourth-order valence-corrected chi connectivity index (χ4v) is 2.60. The number of halogens is 3. The second kappa shape index (κ2) is 7.04. The third-order valence-corrected chi connectivity index (χ3v) is 3.90. The first-order chi connectivity index (χ1) is 9.97. The normalized spacial score (nSPS) is 17.1. The van der Waals surface area contributed by atoms with Crippen LogP contribution in [0.2, 0.25) is 5.02 Å². The van der Waals surface area contributed by atoms with Crippen LogP contribution in [-0.4, -0.2) is 42.0 Å². The van der Waals surface area contributed by atoms with E-state index < -0.39 is 6.43 Å². The molecule has 4 nitrogen and oxygen atoms in total. The number of benzene rings is 1. The van der Waals surface area contributed by atoms with E-state index in [0.29, 0.717) is 25.9 Å². The van der Waals surface area contributed by atoms with E-state index in [1.807, 2.05) is 0 Å². The van der Waals surface area contributed by atoms with Gasteiger partial charge >= 0.3 is 0 Å². The van der Waals surface area contributed by atoms with Crippen molar-refractivity contribution in [3.63, 3.8) is 0 Å². The third kappa shape index (κ3) is 4.28. The molecule has 0 aromatic heterocycles. The molecule has 0 spiro atoms. The van der Waals surface area contributed by atoms with Gasteiger partial charge in [-0.25, -0.2) is 8.78 Å². The summed E-state index contributed by atoms with van der Waals surface area (Å²) in [5.41, 5.74) is 0.266. The molecule has 0 saturated carbocycles. The number of para-hydroxylation sites is 1. The van der Waals surface area contributed by atoms with Crippen LogP contribution >= 0.6 is 11.6 Å². The van der Waals surface area contributed by atoms with E-state index in [1.54, 1.807) is 17.0 Å². The highest BCUT2D eigenvalue weighted by atomic mass is 35.5. The van der Waals surface area contributed by atoms with Crippen LogP contribution in [0.3, 0.4) is 0 Å². The van der Waals surface area contributed by atoms with Crippen molar-refractivity contribution in [2.75, 3.05) is 25.0 Å². The average Bonchev–Trinajstić information content (AvgIpc) is 2.44. The van der Waals surface area contributed by atoms with Crippen molar-refractivity contribution in [3.05, 3.63) is 23.2 Å². The van der Waals surface area contributed by atoms with Gasteiger partial charge in [-0.15, -0.1) is 0 Å². The van der Waals surface area contributed by atoms with Crippen LogP contribution in [0.25, 0.3) is 0 Å². The summed E-state index contributed by atoms with van der Waals surface area (Å²) in [6, 6.07) is 4.71. The first-order valence-corrected chi connectivity index (χ1v) is 7.14. The van der Waals surface area contributed by atoms with Gasteiger partial charge in [-0.3, -0.25) is 9.69 Å². The highest BCUT2D eigenvalue weighted by Gasteiger charge is 2.26. The molecule has 1 saturated heterocycles. The summed E-state index contributed by atoms with van der Waals surface area (Å²) in [6.07, 6.45) is -1.29. The van der Waals surface area contributed by atoms with Crippen molar-refractivity contribution in [1.29, 1.82) is 0 Å². The topological polar surface area (TPSA) is 52.6 Å². The lowest BCUT2D eigenvalue weighted by atomic mass is 9.96. The van der Waals surface area contributed by atoms with Gasteiger partial charge in [-0.1, -0.05) is 17.7 Å². The largest absolute Gasteiger partial charge is 0.504 e. The number of rotatable bonds is 4. The Morgan fingerprint density at radius 1 is 1.43 bits per heavy atom. The first kappa shape index (κ1) is 16.0. The number of anilines is 1. The number of nitrogens with one attached hydrogen (secondary N) is 1. The number of aromatic hydroxyl groups is 1. The maximum absolute atomic E-state index is 12.3. The van der Waals surface area contributed by atoms with Crippen LogP contribution in [0.1, 0.15) is 12.8 Å². The second-order valence-corrected chi connectivity index (χ2v) is 5.50. The molecule has 2 N–H and O–H groups in total. The lowest BCUT2D eigenvalue weighted by Crippen LogP contribution is -2.40. The van der Waals surface area contributed by atoms with Gasteiger partial charge in [0, 0.05) is 5.92 Å². The Morgan fingerprint density at radius 3 is 2.71 bits per heavy atom. The van der Waals surface area contributed by atoms with E-state index in [-0.39, 0.29) is 34.8 Å². The summed E-state index contributed by atoms with van der Waals surface area (Å²) in [7, 11) is 0. The summed E-state index contributed by atoms with van der Waals surface area (Å²) >= 11 is 5.77. The maximum atomic E-state index is 12.3. The van der Waals surface area contributed by atoms with Crippen molar-refractivity contribution in [1.82, 2.24) is 4.90 Å². The van der Waals surface area contributed by atoms with Crippen LogP contribution in [-0.2, 0) is 4.79 Å². The van der Waals surface area contributed by atoms with Gasteiger partial charge in [0.05, 0.1) is 17.3 Å². The molecule has 7 heteroatoms. The standard InChI is InChI=1S/C14H17ClF2N2O2/c15-10-2-1-3-11(13(10)20)18-14(21)9-4-6-19(7-5-9)8-12(16)17/h1-3,9,12,20H,4-8H2,(H,18,21). The van der Waals surface area contributed by atoms with Gasteiger partial charge in [0.2, 0.25) is 5.91 Å². The Hall–Kier alpha value is -1.40. The number of carbonyl (C=O) groups is 1. The molecule has 21 heavy (non-hydrogen) atoms. The molecular formula is C14H17ClF2N2O2. The molecule has 116 valence electrons. The van der Waals surface area contributed by atoms with Crippen LogP contribution in [0.5, 0.6) is 5.75 Å². The van der Waals surface area contributed by atoms with E-state index in [1.165, 1.54) is 6.07 Å². The molecule has 0 atom stereocenters. The molecule has 1 fully saturated rings. The Bertz CT molecular complexity index is 506. The number of hydrogen-bond donors (Lipinski definition) is 2. The predicted molar refractivity (Wildman–Crippen MR) is 76.9 cm³/mol. The first-order valence-electron chi connectivity index (χ1n) is 6.76. The van der Waals surface area contributed by atoms with E-state index in [0.717, 1.165) is 0 Å². The Balaban J connectivity index is 1.89. The van der Waals surface area contributed by atoms with Crippen LogP contribution in [0.4, 0.5) is 14.5 Å². The average molecular weight is 319 g/mol. The molecule has 1 heterocycles. The van der Waals surface area contributed by atoms with E-state index in [9.17, 15) is 18.7 Å². The second-order valence-electron chi connectivity index (χ2n) is 5.09. The summed E-state index contributed by atoms with van der Waals surface area (Å²) < 4.78 is 24.6. The zero-order valence-corrected chi connectivity index (χ0v) is 12.1. The number of carbonyl (C=O) groups excluding carboxylic acids is 1. The van der Waals surface area contributed by atoms with Crippen LogP contribution in [0, 0.1) is 5.92 Å².